The molecule has 0 spiro atoms. The molecule has 1 aromatic heterocycles. The molecule has 2 aliphatic rings. The lowest BCUT2D eigenvalue weighted by Crippen LogP contribution is -2.50. The standard InChI is InChI=1S/C25H24FN3O3/c1-32-22-9-5-4-8-21(22)27-25(31)28-13-16-12-17(15-28)24-19(10-11-23(30)29(24)14-16)18-6-2-3-7-20(18)26/h2-11,16-17H,12-15H2,1H3,(H,27,31)/t16-,17+/m0/s1. The molecule has 3 heterocycles. The molecule has 164 valence electrons. The number of rotatable bonds is 3. The van der Waals surface area contributed by atoms with E-state index in [1.165, 1.54) is 12.1 Å². The monoisotopic (exact) mass is 433 g/mol. The first-order valence-corrected chi connectivity index (χ1v) is 10.7. The summed E-state index contributed by atoms with van der Waals surface area (Å²) in [5, 5.41) is 2.94. The number of pyridine rings is 1. The molecule has 0 radical (unpaired) electrons. The highest BCUT2D eigenvalue weighted by Crippen LogP contribution is 2.40. The van der Waals surface area contributed by atoms with Gasteiger partial charge in [0.1, 0.15) is 11.6 Å². The number of hydrogen-bond acceptors (Lipinski definition) is 3. The molecular weight excluding hydrogens is 409 g/mol. The molecule has 2 aliphatic heterocycles. The van der Waals surface area contributed by atoms with E-state index in [1.807, 2.05) is 12.1 Å². The Morgan fingerprint density at radius 3 is 2.59 bits per heavy atom. The third-order valence-electron chi connectivity index (χ3n) is 6.39. The number of fused-ring (bicyclic) bond motifs is 4. The number of carbonyl (C=O) groups excluding carboxylic acids is 1. The van der Waals surface area contributed by atoms with Gasteiger partial charge in [0.25, 0.3) is 5.56 Å². The zero-order valence-electron chi connectivity index (χ0n) is 17.8. The van der Waals surface area contributed by atoms with Crippen molar-refractivity contribution >= 4 is 11.7 Å². The van der Waals surface area contributed by atoms with E-state index in [1.54, 1.807) is 53.0 Å². The van der Waals surface area contributed by atoms with Gasteiger partial charge in [-0.3, -0.25) is 4.79 Å². The fourth-order valence-corrected chi connectivity index (χ4v) is 5.03. The van der Waals surface area contributed by atoms with Gasteiger partial charge >= 0.3 is 6.03 Å². The second kappa shape index (κ2) is 8.15. The molecule has 0 saturated carbocycles. The van der Waals surface area contributed by atoms with Crippen molar-refractivity contribution in [3.8, 4) is 16.9 Å². The molecule has 2 bridgehead atoms. The summed E-state index contributed by atoms with van der Waals surface area (Å²) in [4.78, 5) is 27.5. The maximum absolute atomic E-state index is 14.6. The predicted molar refractivity (Wildman–Crippen MR) is 121 cm³/mol. The summed E-state index contributed by atoms with van der Waals surface area (Å²) < 4.78 is 21.7. The zero-order chi connectivity index (χ0) is 22.2. The Kier molecular flexibility index (Phi) is 5.17. The van der Waals surface area contributed by atoms with E-state index in [0.29, 0.717) is 36.6 Å². The SMILES string of the molecule is COc1ccccc1NC(=O)N1C[C@@H]2C[C@H](C1)c1c(-c3ccccc3F)ccc(=O)n1C2. The number of nitrogens with zero attached hydrogens (tertiary/aromatic N) is 2. The number of aromatic nitrogens is 1. The van der Waals surface area contributed by atoms with Gasteiger partial charge in [-0.2, -0.15) is 0 Å². The normalized spacial score (nSPS) is 19.2. The molecule has 7 heteroatoms. The largest absolute Gasteiger partial charge is 0.495 e. The summed E-state index contributed by atoms with van der Waals surface area (Å²) in [5.41, 5.74) is 2.54. The summed E-state index contributed by atoms with van der Waals surface area (Å²) in [6.07, 6.45) is 0.864. The number of piperidine rings is 1. The molecule has 2 atom stereocenters. The minimum Gasteiger partial charge on any atom is -0.495 e. The average Bonchev–Trinajstić information content (AvgIpc) is 2.80. The van der Waals surface area contributed by atoms with Crippen LogP contribution in [0, 0.1) is 11.7 Å². The predicted octanol–water partition coefficient (Wildman–Crippen LogP) is 4.31. The number of hydrogen-bond donors (Lipinski definition) is 1. The van der Waals surface area contributed by atoms with Gasteiger partial charge in [-0.1, -0.05) is 30.3 Å². The van der Waals surface area contributed by atoms with E-state index in [0.717, 1.165) is 17.7 Å². The molecule has 6 nitrogen and oxygen atoms in total. The van der Waals surface area contributed by atoms with Crippen LogP contribution in [0.4, 0.5) is 14.9 Å². The molecule has 0 unspecified atom stereocenters. The van der Waals surface area contributed by atoms with E-state index < -0.39 is 0 Å². The van der Waals surface area contributed by atoms with Gasteiger partial charge in [0.2, 0.25) is 0 Å². The van der Waals surface area contributed by atoms with Crippen LogP contribution in [-0.4, -0.2) is 35.7 Å². The number of halogens is 1. The Morgan fingerprint density at radius 1 is 1.00 bits per heavy atom. The number of amides is 2. The van der Waals surface area contributed by atoms with Gasteiger partial charge in [0.15, 0.2) is 0 Å². The lowest BCUT2D eigenvalue weighted by molar-refractivity contribution is 0.140. The van der Waals surface area contributed by atoms with Crippen LogP contribution in [0.2, 0.25) is 0 Å². The Balaban J connectivity index is 1.48. The molecule has 1 saturated heterocycles. The smallest absolute Gasteiger partial charge is 0.321 e. The highest BCUT2D eigenvalue weighted by atomic mass is 19.1. The second-order valence-corrected chi connectivity index (χ2v) is 8.40. The van der Waals surface area contributed by atoms with E-state index in [2.05, 4.69) is 5.32 Å². The number of carbonyl (C=O) groups is 1. The fraction of sp³-hybridized carbons (Fsp3) is 0.280. The molecule has 2 aromatic carbocycles. The highest BCUT2D eigenvalue weighted by molar-refractivity contribution is 5.91. The van der Waals surface area contributed by atoms with Crippen LogP contribution in [0.15, 0.2) is 65.5 Å². The van der Waals surface area contributed by atoms with Gasteiger partial charge < -0.3 is 19.5 Å². The van der Waals surface area contributed by atoms with Gasteiger partial charge in [0.05, 0.1) is 12.8 Å². The Labute approximate surface area is 185 Å². The molecule has 0 aliphatic carbocycles. The van der Waals surface area contributed by atoms with Crippen LogP contribution >= 0.6 is 0 Å². The van der Waals surface area contributed by atoms with Crippen LogP contribution in [-0.2, 0) is 6.54 Å². The number of likely N-dealkylation sites (tertiary alicyclic amines) is 1. The van der Waals surface area contributed by atoms with Crippen LogP contribution < -0.4 is 15.6 Å². The number of para-hydroxylation sites is 2. The van der Waals surface area contributed by atoms with Crippen molar-refractivity contribution in [3.63, 3.8) is 0 Å². The number of anilines is 1. The minimum absolute atomic E-state index is 0.0468. The lowest BCUT2D eigenvalue weighted by atomic mass is 9.80. The number of nitrogens with one attached hydrogen (secondary N) is 1. The molecule has 1 N–H and O–H groups in total. The first kappa shape index (κ1) is 20.3. The molecule has 2 amide bonds. The Morgan fingerprint density at radius 2 is 1.78 bits per heavy atom. The van der Waals surface area contributed by atoms with Crippen molar-refractivity contribution in [1.82, 2.24) is 9.47 Å². The van der Waals surface area contributed by atoms with Crippen molar-refractivity contribution in [2.75, 3.05) is 25.5 Å². The number of methoxy groups -OCH3 is 1. The van der Waals surface area contributed by atoms with E-state index >= 15 is 0 Å². The fourth-order valence-electron chi connectivity index (χ4n) is 5.03. The quantitative estimate of drug-likeness (QED) is 0.669. The topological polar surface area (TPSA) is 63.6 Å². The van der Waals surface area contributed by atoms with Crippen molar-refractivity contribution in [1.29, 1.82) is 0 Å². The average molecular weight is 433 g/mol. The van der Waals surface area contributed by atoms with Crippen molar-refractivity contribution in [2.45, 2.75) is 18.9 Å². The van der Waals surface area contributed by atoms with Crippen LogP contribution in [0.1, 0.15) is 18.0 Å². The summed E-state index contributed by atoms with van der Waals surface area (Å²) >= 11 is 0. The third kappa shape index (κ3) is 3.53. The van der Waals surface area contributed by atoms with E-state index in [-0.39, 0.29) is 29.2 Å². The number of benzene rings is 2. The summed E-state index contributed by atoms with van der Waals surface area (Å²) in [7, 11) is 1.56. The Bertz CT molecular complexity index is 1240. The van der Waals surface area contributed by atoms with Crippen LogP contribution in [0.5, 0.6) is 5.75 Å². The first-order chi connectivity index (χ1) is 15.5. The minimum atomic E-state index is -0.322. The van der Waals surface area contributed by atoms with Gasteiger partial charge in [-0.05, 0) is 36.6 Å². The summed E-state index contributed by atoms with van der Waals surface area (Å²) in [6.45, 7) is 1.54. The number of ether oxygens (including phenoxy) is 1. The highest BCUT2D eigenvalue weighted by Gasteiger charge is 2.38. The van der Waals surface area contributed by atoms with E-state index in [9.17, 15) is 14.0 Å². The van der Waals surface area contributed by atoms with Crippen LogP contribution in [0.3, 0.4) is 0 Å². The number of urea groups is 1. The summed E-state index contributed by atoms with van der Waals surface area (Å²) in [5.74, 6) is 0.391. The second-order valence-electron chi connectivity index (χ2n) is 8.40. The lowest BCUT2D eigenvalue weighted by Gasteiger charge is -2.43. The molecule has 32 heavy (non-hydrogen) atoms. The zero-order valence-corrected chi connectivity index (χ0v) is 17.8. The molecule has 1 fully saturated rings. The van der Waals surface area contributed by atoms with Crippen molar-refractivity contribution in [2.24, 2.45) is 5.92 Å². The van der Waals surface area contributed by atoms with E-state index in [4.69, 9.17) is 4.74 Å². The molecular formula is C25H24FN3O3. The molecule has 3 aromatic rings. The van der Waals surface area contributed by atoms with Crippen LogP contribution in [0.25, 0.3) is 11.1 Å². The first-order valence-electron chi connectivity index (χ1n) is 10.7. The Hall–Kier alpha value is -3.61. The summed E-state index contributed by atoms with van der Waals surface area (Å²) in [6, 6.07) is 16.9. The maximum atomic E-state index is 14.6. The molecule has 5 rings (SSSR count). The third-order valence-corrected chi connectivity index (χ3v) is 6.39. The maximum Gasteiger partial charge on any atom is 0.321 e. The van der Waals surface area contributed by atoms with Gasteiger partial charge in [-0.15, -0.1) is 0 Å². The van der Waals surface area contributed by atoms with Crippen molar-refractivity contribution < 1.29 is 13.9 Å². The van der Waals surface area contributed by atoms with Gasteiger partial charge in [0, 0.05) is 48.4 Å². The van der Waals surface area contributed by atoms with Gasteiger partial charge in [-0.25, -0.2) is 9.18 Å². The van der Waals surface area contributed by atoms with Crippen molar-refractivity contribution in [3.05, 3.63) is 82.5 Å².